The third-order valence-corrected chi connectivity index (χ3v) is 5.79. The van der Waals surface area contributed by atoms with E-state index in [4.69, 9.17) is 4.98 Å². The van der Waals surface area contributed by atoms with E-state index in [2.05, 4.69) is 40.1 Å². The highest BCUT2D eigenvalue weighted by Crippen LogP contribution is 2.34. The highest BCUT2D eigenvalue weighted by molar-refractivity contribution is 5.78. The number of para-hydroxylation sites is 1. The fourth-order valence-electron chi connectivity index (χ4n) is 4.25. The molecule has 0 saturated carbocycles. The maximum Gasteiger partial charge on any atom is 0.320 e. The topological polar surface area (TPSA) is 56.7 Å². The van der Waals surface area contributed by atoms with Crippen molar-refractivity contribution in [1.82, 2.24) is 9.88 Å². The first-order valence-corrected chi connectivity index (χ1v) is 10.2. The molecule has 1 saturated heterocycles. The van der Waals surface area contributed by atoms with E-state index in [0.29, 0.717) is 6.42 Å². The van der Waals surface area contributed by atoms with Gasteiger partial charge in [-0.15, -0.1) is 0 Å². The molecule has 5 nitrogen and oxygen atoms in total. The Kier molecular flexibility index (Phi) is 5.49. The molecule has 2 aromatic carbocycles. The summed E-state index contributed by atoms with van der Waals surface area (Å²) in [6, 6.07) is 19.9. The Morgan fingerprint density at radius 2 is 1.83 bits per heavy atom. The molecule has 1 N–H and O–H groups in total. The minimum atomic E-state index is -0.750. The number of hydrogen-bond acceptors (Lipinski definition) is 4. The zero-order chi connectivity index (χ0) is 20.4. The number of nitrogens with zero attached hydrogens (tertiary/aromatic N) is 3. The number of anilines is 1. The van der Waals surface area contributed by atoms with Crippen LogP contribution in [0.15, 0.2) is 60.7 Å². The smallest absolute Gasteiger partial charge is 0.320 e. The minimum absolute atomic E-state index is 0.183. The second-order valence-corrected chi connectivity index (χ2v) is 7.90. The molecule has 1 fully saturated rings. The predicted molar refractivity (Wildman–Crippen MR) is 116 cm³/mol. The predicted octanol–water partition coefficient (Wildman–Crippen LogP) is 4.33. The van der Waals surface area contributed by atoms with E-state index in [-0.39, 0.29) is 6.04 Å². The molecule has 0 bridgehead atoms. The molecule has 29 heavy (non-hydrogen) atoms. The number of carbonyl (C=O) groups is 1. The van der Waals surface area contributed by atoms with E-state index >= 15 is 0 Å². The first kappa shape index (κ1) is 19.4. The first-order chi connectivity index (χ1) is 14.0. The van der Waals surface area contributed by atoms with Gasteiger partial charge in [0.2, 0.25) is 0 Å². The van der Waals surface area contributed by atoms with Gasteiger partial charge in [0.05, 0.1) is 17.3 Å². The number of aliphatic carboxylic acids is 1. The molecule has 0 amide bonds. The van der Waals surface area contributed by atoms with Crippen molar-refractivity contribution < 1.29 is 9.90 Å². The van der Waals surface area contributed by atoms with Gasteiger partial charge in [0.15, 0.2) is 0 Å². The molecule has 0 spiro atoms. The number of benzene rings is 2. The Morgan fingerprint density at radius 1 is 1.07 bits per heavy atom. The van der Waals surface area contributed by atoms with Gasteiger partial charge >= 0.3 is 5.97 Å². The Labute approximate surface area is 171 Å². The van der Waals surface area contributed by atoms with Crippen molar-refractivity contribution in [2.75, 3.05) is 25.5 Å². The van der Waals surface area contributed by atoms with E-state index in [1.165, 1.54) is 0 Å². The maximum atomic E-state index is 12.0. The lowest BCUT2D eigenvalue weighted by Gasteiger charge is -2.39. The molecule has 1 aliphatic heterocycles. The Balaban J connectivity index is 1.82. The minimum Gasteiger partial charge on any atom is -0.480 e. The Hall–Kier alpha value is -2.92. The molecule has 2 atom stereocenters. The molecule has 2 unspecified atom stereocenters. The maximum absolute atomic E-state index is 12.0. The molecule has 5 heteroatoms. The van der Waals surface area contributed by atoms with Gasteiger partial charge in [0.25, 0.3) is 0 Å². The molecule has 4 rings (SSSR count). The number of carboxylic acids is 1. The van der Waals surface area contributed by atoms with Crippen LogP contribution in [0.4, 0.5) is 5.69 Å². The van der Waals surface area contributed by atoms with Gasteiger partial charge < -0.3 is 10.0 Å². The molecule has 0 aliphatic carbocycles. The third kappa shape index (κ3) is 3.96. The summed E-state index contributed by atoms with van der Waals surface area (Å²) in [6.07, 6.45) is 2.63. The lowest BCUT2D eigenvalue weighted by atomic mass is 9.93. The van der Waals surface area contributed by atoms with Crippen molar-refractivity contribution in [2.45, 2.75) is 31.3 Å². The van der Waals surface area contributed by atoms with Crippen molar-refractivity contribution in [1.29, 1.82) is 0 Å². The summed E-state index contributed by atoms with van der Waals surface area (Å²) in [4.78, 5) is 21.1. The molecular formula is C24H27N3O2. The average molecular weight is 389 g/mol. The number of likely N-dealkylation sites (tertiary alicyclic amines) is 1. The van der Waals surface area contributed by atoms with Crippen LogP contribution >= 0.6 is 0 Å². The van der Waals surface area contributed by atoms with Crippen molar-refractivity contribution in [3.05, 3.63) is 71.9 Å². The SMILES string of the molecule is CN(C)c1ccc(C(c2ccc3ccccc3n2)N2CCCCC2C(=O)O)cc1. The van der Waals surface area contributed by atoms with Crippen molar-refractivity contribution in [3.8, 4) is 0 Å². The number of hydrogen-bond donors (Lipinski definition) is 1. The molecule has 1 aromatic heterocycles. The molecular weight excluding hydrogens is 362 g/mol. The van der Waals surface area contributed by atoms with Crippen LogP contribution in [0.1, 0.15) is 36.6 Å². The summed E-state index contributed by atoms with van der Waals surface area (Å²) >= 11 is 0. The van der Waals surface area contributed by atoms with E-state index in [9.17, 15) is 9.90 Å². The molecule has 0 radical (unpaired) electrons. The number of pyridine rings is 1. The van der Waals surface area contributed by atoms with Crippen molar-refractivity contribution >= 4 is 22.6 Å². The summed E-state index contributed by atoms with van der Waals surface area (Å²) in [7, 11) is 4.03. The van der Waals surface area contributed by atoms with Gasteiger partial charge in [-0.2, -0.15) is 0 Å². The van der Waals surface area contributed by atoms with E-state index in [1.807, 2.05) is 44.4 Å². The number of aromatic nitrogens is 1. The van der Waals surface area contributed by atoms with Gasteiger partial charge in [-0.3, -0.25) is 14.7 Å². The zero-order valence-electron chi connectivity index (χ0n) is 17.0. The summed E-state index contributed by atoms with van der Waals surface area (Å²) in [5.41, 5.74) is 4.03. The quantitative estimate of drug-likeness (QED) is 0.704. The number of carboxylic acid groups (broad SMARTS) is 1. The van der Waals surface area contributed by atoms with Crippen LogP contribution in [0.2, 0.25) is 0 Å². The van der Waals surface area contributed by atoms with Crippen molar-refractivity contribution in [2.24, 2.45) is 0 Å². The second kappa shape index (κ2) is 8.21. The number of piperidine rings is 1. The van der Waals surface area contributed by atoms with Crippen molar-refractivity contribution in [3.63, 3.8) is 0 Å². The van der Waals surface area contributed by atoms with E-state index in [1.54, 1.807) is 0 Å². The molecule has 1 aliphatic rings. The van der Waals surface area contributed by atoms with Crippen LogP contribution < -0.4 is 4.90 Å². The van der Waals surface area contributed by atoms with Crippen LogP contribution in [0, 0.1) is 0 Å². The summed E-state index contributed by atoms with van der Waals surface area (Å²) < 4.78 is 0. The van der Waals surface area contributed by atoms with Gasteiger partial charge in [0.1, 0.15) is 6.04 Å². The summed E-state index contributed by atoms with van der Waals surface area (Å²) in [5, 5.41) is 11.0. The standard InChI is InChI=1S/C24H27N3O2/c1-26(2)19-13-10-18(11-14-19)23(27-16-6-5-9-22(27)24(28)29)21-15-12-17-7-3-4-8-20(17)25-21/h3-4,7-8,10-15,22-23H,5-6,9,16H2,1-2H3,(H,28,29). The molecule has 3 aromatic rings. The highest BCUT2D eigenvalue weighted by atomic mass is 16.4. The Bertz CT molecular complexity index is 1000. The lowest BCUT2D eigenvalue weighted by Crippen LogP contribution is -2.47. The number of fused-ring (bicyclic) bond motifs is 1. The molecule has 2 heterocycles. The zero-order valence-corrected chi connectivity index (χ0v) is 17.0. The lowest BCUT2D eigenvalue weighted by molar-refractivity contribution is -0.145. The van der Waals surface area contributed by atoms with Crippen LogP contribution in [-0.2, 0) is 4.79 Å². The van der Waals surface area contributed by atoms with Crippen LogP contribution in [-0.4, -0.2) is 47.6 Å². The van der Waals surface area contributed by atoms with Crippen LogP contribution in [0.5, 0.6) is 0 Å². The fourth-order valence-corrected chi connectivity index (χ4v) is 4.25. The van der Waals surface area contributed by atoms with Gasteiger partial charge in [0, 0.05) is 25.2 Å². The van der Waals surface area contributed by atoms with E-state index < -0.39 is 12.0 Å². The number of rotatable bonds is 5. The second-order valence-electron chi connectivity index (χ2n) is 7.90. The first-order valence-electron chi connectivity index (χ1n) is 10.2. The average Bonchev–Trinajstić information content (AvgIpc) is 2.74. The Morgan fingerprint density at radius 3 is 2.55 bits per heavy atom. The summed E-state index contributed by atoms with van der Waals surface area (Å²) in [6.45, 7) is 0.756. The fraction of sp³-hybridized carbons (Fsp3) is 0.333. The largest absolute Gasteiger partial charge is 0.480 e. The van der Waals surface area contributed by atoms with Crippen LogP contribution in [0.3, 0.4) is 0 Å². The van der Waals surface area contributed by atoms with Gasteiger partial charge in [-0.25, -0.2) is 0 Å². The van der Waals surface area contributed by atoms with Crippen LogP contribution in [0.25, 0.3) is 10.9 Å². The van der Waals surface area contributed by atoms with E-state index in [0.717, 1.165) is 47.2 Å². The van der Waals surface area contributed by atoms with Gasteiger partial charge in [-0.05, 0) is 49.2 Å². The highest BCUT2D eigenvalue weighted by Gasteiger charge is 2.35. The normalized spacial score (nSPS) is 18.5. The third-order valence-electron chi connectivity index (χ3n) is 5.79. The monoisotopic (exact) mass is 389 g/mol. The molecule has 150 valence electrons. The summed E-state index contributed by atoms with van der Waals surface area (Å²) in [5.74, 6) is -0.750. The van der Waals surface area contributed by atoms with Gasteiger partial charge in [-0.1, -0.05) is 42.8 Å².